The maximum Gasteiger partial charge on any atom is 0.0946 e. The average molecular weight is 131 g/mol. The van der Waals surface area contributed by atoms with Crippen molar-refractivity contribution in [3.63, 3.8) is 0 Å². The third-order valence-corrected chi connectivity index (χ3v) is 1.01. The highest BCUT2D eigenvalue weighted by atomic mass is 16.3. The van der Waals surface area contributed by atoms with Crippen molar-refractivity contribution in [3.8, 4) is 0 Å². The molecule has 3 nitrogen and oxygen atoms in total. The number of likely N-dealkylation sites (N-methyl/N-ethyl adjacent to an activating group) is 1. The van der Waals surface area contributed by atoms with Gasteiger partial charge in [0.1, 0.15) is 0 Å². The molecule has 0 bridgehead atoms. The Morgan fingerprint density at radius 1 is 1.33 bits per heavy atom. The smallest absolute Gasteiger partial charge is 0.0946 e. The van der Waals surface area contributed by atoms with Gasteiger partial charge in [-0.25, -0.2) is 5.11 Å². The fraction of sp³-hybridized carbons (Fsp3) is 1.00. The maximum atomic E-state index is 9.90. The standard InChI is InChI=1S/C6H15N2O/c1-8(2)5-3-7-4-6-9/h7H,3-6H2,1-2H3. The summed E-state index contributed by atoms with van der Waals surface area (Å²) in [6, 6.07) is 0. The highest BCUT2D eigenvalue weighted by molar-refractivity contribution is 4.48. The van der Waals surface area contributed by atoms with Crippen molar-refractivity contribution in [1.82, 2.24) is 10.2 Å². The molecule has 0 fully saturated rings. The molecule has 1 radical (unpaired) electrons. The second-order valence-corrected chi connectivity index (χ2v) is 2.26. The van der Waals surface area contributed by atoms with E-state index in [0.29, 0.717) is 6.54 Å². The van der Waals surface area contributed by atoms with E-state index < -0.39 is 0 Å². The molecule has 3 heteroatoms. The van der Waals surface area contributed by atoms with Crippen LogP contribution in [0.15, 0.2) is 0 Å². The van der Waals surface area contributed by atoms with Crippen LogP contribution in [-0.2, 0) is 5.11 Å². The lowest BCUT2D eigenvalue weighted by atomic mass is 10.5. The molecule has 55 valence electrons. The van der Waals surface area contributed by atoms with E-state index in [1.807, 2.05) is 14.1 Å². The summed E-state index contributed by atoms with van der Waals surface area (Å²) in [5.74, 6) is 0. The van der Waals surface area contributed by atoms with Gasteiger partial charge in [-0.1, -0.05) is 0 Å². The summed E-state index contributed by atoms with van der Waals surface area (Å²) in [7, 11) is 4.03. The van der Waals surface area contributed by atoms with Gasteiger partial charge in [0.2, 0.25) is 0 Å². The average Bonchev–Trinajstić information content (AvgIpc) is 1.80. The molecule has 0 aliphatic rings. The molecule has 0 amide bonds. The lowest BCUT2D eigenvalue weighted by Crippen LogP contribution is -2.28. The van der Waals surface area contributed by atoms with Crippen LogP contribution in [0.25, 0.3) is 0 Å². The van der Waals surface area contributed by atoms with Crippen LogP contribution in [-0.4, -0.2) is 45.2 Å². The van der Waals surface area contributed by atoms with Crippen molar-refractivity contribution >= 4 is 0 Å². The molecule has 1 N–H and O–H groups in total. The highest BCUT2D eigenvalue weighted by Crippen LogP contribution is 1.69. The minimum absolute atomic E-state index is 0.0204. The predicted molar refractivity (Wildman–Crippen MR) is 37.0 cm³/mol. The Morgan fingerprint density at radius 3 is 2.44 bits per heavy atom. The van der Waals surface area contributed by atoms with Gasteiger partial charge in [-0.2, -0.15) is 0 Å². The molecule has 0 aliphatic carbocycles. The molecule has 0 spiro atoms. The Balaban J connectivity index is 2.75. The normalized spacial score (nSPS) is 10.7. The van der Waals surface area contributed by atoms with Gasteiger partial charge >= 0.3 is 0 Å². The predicted octanol–water partition coefficient (Wildman–Crippen LogP) is -0.432. The van der Waals surface area contributed by atoms with Crippen molar-refractivity contribution < 1.29 is 5.11 Å². The third kappa shape index (κ3) is 7.88. The Hall–Kier alpha value is -0.120. The van der Waals surface area contributed by atoms with Gasteiger partial charge in [-0.3, -0.25) is 0 Å². The first kappa shape index (κ1) is 8.88. The molecule has 9 heavy (non-hydrogen) atoms. The molecule has 0 saturated carbocycles. The van der Waals surface area contributed by atoms with E-state index in [2.05, 4.69) is 10.2 Å². The van der Waals surface area contributed by atoms with Crippen molar-refractivity contribution in [3.05, 3.63) is 0 Å². The van der Waals surface area contributed by atoms with Crippen LogP contribution in [0.1, 0.15) is 0 Å². The Kier molecular flexibility index (Phi) is 5.93. The third-order valence-electron chi connectivity index (χ3n) is 1.01. The first-order valence-corrected chi connectivity index (χ1v) is 3.21. The van der Waals surface area contributed by atoms with E-state index in [1.165, 1.54) is 0 Å². The minimum atomic E-state index is -0.0204. The summed E-state index contributed by atoms with van der Waals surface area (Å²) in [4.78, 5) is 2.08. The van der Waals surface area contributed by atoms with Crippen molar-refractivity contribution in [2.24, 2.45) is 0 Å². The van der Waals surface area contributed by atoms with Crippen LogP contribution in [0.2, 0.25) is 0 Å². The Morgan fingerprint density at radius 2 is 2.00 bits per heavy atom. The zero-order chi connectivity index (χ0) is 7.11. The van der Waals surface area contributed by atoms with E-state index >= 15 is 0 Å². The molecule has 0 atom stereocenters. The van der Waals surface area contributed by atoms with Gasteiger partial charge in [0.25, 0.3) is 0 Å². The van der Waals surface area contributed by atoms with Crippen molar-refractivity contribution in [2.45, 2.75) is 0 Å². The summed E-state index contributed by atoms with van der Waals surface area (Å²) in [6.07, 6.45) is 0. The summed E-state index contributed by atoms with van der Waals surface area (Å²) in [6.45, 7) is 2.48. The van der Waals surface area contributed by atoms with Crippen LogP contribution in [0.4, 0.5) is 0 Å². The molecule has 0 aliphatic heterocycles. The SMILES string of the molecule is CN(C)CCNCC[O]. The van der Waals surface area contributed by atoms with E-state index in [0.717, 1.165) is 13.1 Å². The van der Waals surface area contributed by atoms with Crippen LogP contribution in [0.3, 0.4) is 0 Å². The molecule has 0 aromatic rings. The Labute approximate surface area is 56.7 Å². The largest absolute Gasteiger partial charge is 0.313 e. The number of hydrogen-bond donors (Lipinski definition) is 1. The highest BCUT2D eigenvalue weighted by Gasteiger charge is 1.87. The molecule has 0 aromatic heterocycles. The molecular weight excluding hydrogens is 116 g/mol. The maximum absolute atomic E-state index is 9.90. The first-order chi connectivity index (χ1) is 4.27. The van der Waals surface area contributed by atoms with E-state index in [-0.39, 0.29) is 6.61 Å². The monoisotopic (exact) mass is 131 g/mol. The van der Waals surface area contributed by atoms with E-state index in [4.69, 9.17) is 0 Å². The van der Waals surface area contributed by atoms with E-state index in [9.17, 15) is 5.11 Å². The second kappa shape index (κ2) is 6.01. The number of nitrogens with one attached hydrogen (secondary N) is 1. The topological polar surface area (TPSA) is 35.2 Å². The molecule has 0 heterocycles. The zero-order valence-corrected chi connectivity index (χ0v) is 6.18. The quantitative estimate of drug-likeness (QED) is 0.514. The van der Waals surface area contributed by atoms with Crippen LogP contribution in [0, 0.1) is 0 Å². The zero-order valence-electron chi connectivity index (χ0n) is 6.18. The molecular formula is C6H15N2O. The number of hydrogen-bond acceptors (Lipinski definition) is 2. The lowest BCUT2D eigenvalue weighted by molar-refractivity contribution is 0.193. The molecule has 0 saturated heterocycles. The summed E-state index contributed by atoms with van der Waals surface area (Å²) in [5, 5.41) is 12.9. The summed E-state index contributed by atoms with van der Waals surface area (Å²) in [5.41, 5.74) is 0. The number of nitrogens with zero attached hydrogens (tertiary/aromatic N) is 1. The van der Waals surface area contributed by atoms with Crippen LogP contribution in [0.5, 0.6) is 0 Å². The molecule has 0 unspecified atom stereocenters. The number of rotatable bonds is 5. The Bertz CT molecular complexity index is 57.0. The van der Waals surface area contributed by atoms with Crippen LogP contribution < -0.4 is 5.32 Å². The first-order valence-electron chi connectivity index (χ1n) is 3.21. The van der Waals surface area contributed by atoms with Gasteiger partial charge < -0.3 is 10.2 Å². The fourth-order valence-corrected chi connectivity index (χ4v) is 0.500. The second-order valence-electron chi connectivity index (χ2n) is 2.26. The van der Waals surface area contributed by atoms with Crippen molar-refractivity contribution in [1.29, 1.82) is 0 Å². The van der Waals surface area contributed by atoms with Crippen LogP contribution >= 0.6 is 0 Å². The van der Waals surface area contributed by atoms with Gasteiger partial charge in [0.15, 0.2) is 0 Å². The summed E-state index contributed by atoms with van der Waals surface area (Å²) < 4.78 is 0. The fourth-order valence-electron chi connectivity index (χ4n) is 0.500. The van der Waals surface area contributed by atoms with E-state index in [1.54, 1.807) is 0 Å². The molecule has 0 aromatic carbocycles. The minimum Gasteiger partial charge on any atom is -0.313 e. The van der Waals surface area contributed by atoms with Gasteiger partial charge in [-0.05, 0) is 14.1 Å². The van der Waals surface area contributed by atoms with Gasteiger partial charge in [0.05, 0.1) is 6.61 Å². The van der Waals surface area contributed by atoms with Crippen molar-refractivity contribution in [2.75, 3.05) is 40.3 Å². The van der Waals surface area contributed by atoms with Gasteiger partial charge in [0, 0.05) is 19.6 Å². The van der Waals surface area contributed by atoms with Gasteiger partial charge in [-0.15, -0.1) is 0 Å². The lowest BCUT2D eigenvalue weighted by Gasteiger charge is -2.08. The molecule has 0 rings (SSSR count). The summed E-state index contributed by atoms with van der Waals surface area (Å²) >= 11 is 0.